The zero-order valence-corrected chi connectivity index (χ0v) is 20.1. The fraction of sp³-hybridized carbons (Fsp3) is 0.286. The van der Waals surface area contributed by atoms with Crippen molar-refractivity contribution in [3.8, 4) is 16.9 Å². The fourth-order valence-corrected chi connectivity index (χ4v) is 4.07. The van der Waals surface area contributed by atoms with Crippen molar-refractivity contribution in [2.75, 3.05) is 6.54 Å². The molecule has 1 atom stereocenters. The second-order valence-electron chi connectivity index (χ2n) is 8.39. The van der Waals surface area contributed by atoms with Crippen LogP contribution in [0.3, 0.4) is 0 Å². The van der Waals surface area contributed by atoms with E-state index in [-0.39, 0.29) is 24.1 Å². The van der Waals surface area contributed by atoms with E-state index >= 15 is 0 Å². The lowest BCUT2D eigenvalue weighted by Gasteiger charge is -2.25. The molecule has 0 heterocycles. The molecule has 0 fully saturated rings. The summed E-state index contributed by atoms with van der Waals surface area (Å²) in [6, 6.07) is 17.9. The number of ether oxygens (including phenoxy) is 1. The Hall–Kier alpha value is -3.81. The van der Waals surface area contributed by atoms with Crippen LogP contribution in [0.4, 0.5) is 13.2 Å². The van der Waals surface area contributed by atoms with Crippen LogP contribution in [0.1, 0.15) is 59.3 Å². The van der Waals surface area contributed by atoms with E-state index in [0.717, 1.165) is 0 Å². The minimum Gasteiger partial charge on any atom is -0.486 e. The van der Waals surface area contributed by atoms with Crippen LogP contribution < -0.4 is 10.1 Å². The smallest absolute Gasteiger partial charge is 0.417 e. The third kappa shape index (κ3) is 6.65. The summed E-state index contributed by atoms with van der Waals surface area (Å²) in [4.78, 5) is 22.8. The second-order valence-corrected chi connectivity index (χ2v) is 8.39. The van der Waals surface area contributed by atoms with Crippen molar-refractivity contribution in [2.45, 2.75) is 45.4 Å². The lowest BCUT2D eigenvalue weighted by atomic mass is 9.89. The van der Waals surface area contributed by atoms with Gasteiger partial charge in [0, 0.05) is 12.1 Å². The van der Waals surface area contributed by atoms with Gasteiger partial charge >= 0.3 is 12.1 Å². The molecule has 0 aromatic heterocycles. The van der Waals surface area contributed by atoms with Gasteiger partial charge in [0.05, 0.1) is 12.0 Å². The number of alkyl halides is 3. The van der Waals surface area contributed by atoms with Gasteiger partial charge in [0.25, 0.3) is 5.91 Å². The lowest BCUT2D eigenvalue weighted by Crippen LogP contribution is -2.25. The minimum atomic E-state index is -4.54. The van der Waals surface area contributed by atoms with E-state index in [1.807, 2.05) is 6.92 Å². The Bertz CT molecular complexity index is 1190. The topological polar surface area (TPSA) is 75.6 Å². The van der Waals surface area contributed by atoms with Crippen molar-refractivity contribution in [1.82, 2.24) is 5.32 Å². The van der Waals surface area contributed by atoms with Gasteiger partial charge in [-0.2, -0.15) is 13.2 Å². The highest BCUT2D eigenvalue weighted by Crippen LogP contribution is 2.42. The van der Waals surface area contributed by atoms with E-state index in [4.69, 9.17) is 9.84 Å². The number of carbonyl (C=O) groups excluding carboxylic acids is 1. The van der Waals surface area contributed by atoms with Crippen molar-refractivity contribution >= 4 is 11.9 Å². The molecule has 5 nitrogen and oxygen atoms in total. The lowest BCUT2D eigenvalue weighted by molar-refractivity contribution is -0.138. The number of aliphatic carboxylic acids is 1. The summed E-state index contributed by atoms with van der Waals surface area (Å²) < 4.78 is 48.7. The number of rotatable bonds is 10. The summed E-state index contributed by atoms with van der Waals surface area (Å²) in [5.41, 5.74) is 0.838. The Morgan fingerprint density at radius 1 is 1.00 bits per heavy atom. The molecule has 0 spiro atoms. The number of hydrogen-bond acceptors (Lipinski definition) is 3. The molecule has 1 amide bonds. The van der Waals surface area contributed by atoms with Crippen LogP contribution in [0, 0.1) is 6.92 Å². The van der Waals surface area contributed by atoms with Crippen LogP contribution in [0.25, 0.3) is 11.1 Å². The number of carbonyl (C=O) groups is 2. The van der Waals surface area contributed by atoms with Gasteiger partial charge < -0.3 is 15.2 Å². The third-order valence-electron chi connectivity index (χ3n) is 5.79. The summed E-state index contributed by atoms with van der Waals surface area (Å²) in [5.74, 6) is -1.02. The maximum absolute atomic E-state index is 14.2. The number of amides is 1. The van der Waals surface area contributed by atoms with Gasteiger partial charge in [0.15, 0.2) is 0 Å². The molecule has 190 valence electrons. The van der Waals surface area contributed by atoms with Gasteiger partial charge in [0.1, 0.15) is 11.9 Å². The standard InChI is InChI=1S/C28H28F3NO4/c1-3-7-24(36-21-12-10-20(11-13-21)27(35)32-17-16-25(33)34)22-14-15-23(19-8-5-4-6-9-19)26(18(22)2)28(29,30)31/h4-6,8-15,24H,3,7,16-17H2,1-2H3,(H,32,35)(H,33,34). The van der Waals surface area contributed by atoms with Gasteiger partial charge in [0.2, 0.25) is 0 Å². The predicted molar refractivity (Wildman–Crippen MR) is 131 cm³/mol. The van der Waals surface area contributed by atoms with E-state index in [1.54, 1.807) is 48.5 Å². The molecular weight excluding hydrogens is 471 g/mol. The average molecular weight is 500 g/mol. The molecule has 1 unspecified atom stereocenters. The van der Waals surface area contributed by atoms with Crippen LogP contribution in [-0.4, -0.2) is 23.5 Å². The van der Waals surface area contributed by atoms with Gasteiger partial charge in [-0.25, -0.2) is 0 Å². The summed E-state index contributed by atoms with van der Waals surface area (Å²) in [6.45, 7) is 3.41. The molecule has 0 saturated heterocycles. The zero-order chi connectivity index (χ0) is 26.3. The van der Waals surface area contributed by atoms with Crippen LogP contribution in [0.5, 0.6) is 5.75 Å². The first-order chi connectivity index (χ1) is 17.1. The maximum Gasteiger partial charge on any atom is 0.417 e. The van der Waals surface area contributed by atoms with Gasteiger partial charge in [-0.05, 0) is 59.9 Å². The second kappa shape index (κ2) is 11.7. The largest absolute Gasteiger partial charge is 0.486 e. The van der Waals surface area contributed by atoms with Gasteiger partial charge in [-0.3, -0.25) is 9.59 Å². The first-order valence-electron chi connectivity index (χ1n) is 11.6. The van der Waals surface area contributed by atoms with Crippen molar-refractivity contribution in [3.63, 3.8) is 0 Å². The summed E-state index contributed by atoms with van der Waals surface area (Å²) in [5, 5.41) is 11.2. The quantitative estimate of drug-likeness (QED) is 0.322. The molecule has 0 radical (unpaired) electrons. The van der Waals surface area contributed by atoms with Crippen LogP contribution in [-0.2, 0) is 11.0 Å². The SMILES string of the molecule is CCCC(Oc1ccc(C(=O)NCCC(=O)O)cc1)c1ccc(-c2ccccc2)c(C(F)(F)F)c1C. The highest BCUT2D eigenvalue weighted by Gasteiger charge is 2.37. The maximum atomic E-state index is 14.2. The number of carboxylic acids is 1. The predicted octanol–water partition coefficient (Wildman–Crippen LogP) is 6.81. The Morgan fingerprint density at radius 2 is 1.67 bits per heavy atom. The summed E-state index contributed by atoms with van der Waals surface area (Å²) in [7, 11) is 0. The third-order valence-corrected chi connectivity index (χ3v) is 5.79. The number of nitrogens with one attached hydrogen (secondary N) is 1. The molecule has 0 aliphatic heterocycles. The highest BCUT2D eigenvalue weighted by atomic mass is 19.4. The normalized spacial score (nSPS) is 12.1. The average Bonchev–Trinajstić information content (AvgIpc) is 2.83. The Balaban J connectivity index is 1.88. The van der Waals surface area contributed by atoms with Crippen LogP contribution in [0.2, 0.25) is 0 Å². The summed E-state index contributed by atoms with van der Waals surface area (Å²) in [6.07, 6.45) is -4.15. The molecule has 0 aliphatic carbocycles. The van der Waals surface area contributed by atoms with Gasteiger partial charge in [-0.1, -0.05) is 55.8 Å². The monoisotopic (exact) mass is 499 g/mol. The van der Waals surface area contributed by atoms with Gasteiger partial charge in [-0.15, -0.1) is 0 Å². The molecule has 3 aromatic rings. The van der Waals surface area contributed by atoms with Crippen molar-refractivity contribution in [2.24, 2.45) is 0 Å². The molecular formula is C28H28F3NO4. The van der Waals surface area contributed by atoms with E-state index in [0.29, 0.717) is 35.3 Å². The molecule has 36 heavy (non-hydrogen) atoms. The van der Waals surface area contributed by atoms with Crippen molar-refractivity contribution < 1.29 is 32.6 Å². The molecule has 0 saturated carbocycles. The highest BCUT2D eigenvalue weighted by molar-refractivity contribution is 5.94. The number of halogens is 3. The van der Waals surface area contributed by atoms with Crippen molar-refractivity contribution in [3.05, 3.63) is 89.0 Å². The fourth-order valence-electron chi connectivity index (χ4n) is 4.07. The first kappa shape index (κ1) is 26.8. The molecule has 0 aliphatic rings. The van der Waals surface area contributed by atoms with Crippen LogP contribution >= 0.6 is 0 Å². The molecule has 3 aromatic carbocycles. The Morgan fingerprint density at radius 3 is 2.25 bits per heavy atom. The van der Waals surface area contributed by atoms with E-state index in [9.17, 15) is 22.8 Å². The minimum absolute atomic E-state index is 0.00475. The zero-order valence-electron chi connectivity index (χ0n) is 20.1. The number of benzene rings is 3. The Labute approximate surface area is 207 Å². The van der Waals surface area contributed by atoms with E-state index < -0.39 is 29.7 Å². The van der Waals surface area contributed by atoms with E-state index in [1.165, 1.54) is 25.1 Å². The number of hydrogen-bond donors (Lipinski definition) is 2. The van der Waals surface area contributed by atoms with Crippen LogP contribution in [0.15, 0.2) is 66.7 Å². The molecule has 0 bridgehead atoms. The first-order valence-corrected chi connectivity index (χ1v) is 11.6. The summed E-state index contributed by atoms with van der Waals surface area (Å²) >= 11 is 0. The van der Waals surface area contributed by atoms with Crippen molar-refractivity contribution in [1.29, 1.82) is 0 Å². The molecule has 2 N–H and O–H groups in total. The molecule has 8 heteroatoms. The Kier molecular flexibility index (Phi) is 8.74. The molecule has 3 rings (SSSR count). The van der Waals surface area contributed by atoms with E-state index in [2.05, 4.69) is 5.32 Å². The number of carboxylic acid groups (broad SMARTS) is 1.